The zero-order chi connectivity index (χ0) is 12.9. The average molecular weight is 234 g/mol. The Balaban J connectivity index is 2.66. The van der Waals surface area contributed by atoms with Crippen LogP contribution in [0.25, 0.3) is 0 Å². The molecule has 0 aromatic heterocycles. The molecule has 0 spiro atoms. The minimum Gasteiger partial charge on any atom is -0.429 e. The van der Waals surface area contributed by atoms with E-state index in [9.17, 15) is 4.79 Å². The van der Waals surface area contributed by atoms with E-state index in [1.807, 2.05) is 30.3 Å². The first-order valence-corrected chi connectivity index (χ1v) is 5.49. The fourth-order valence-corrected chi connectivity index (χ4v) is 1.27. The third-order valence-corrected chi connectivity index (χ3v) is 1.95. The Morgan fingerprint density at radius 1 is 1.29 bits per heavy atom. The van der Waals surface area contributed by atoms with Gasteiger partial charge >= 0.3 is 6.16 Å². The van der Waals surface area contributed by atoms with Gasteiger partial charge in [-0.05, 0) is 32.4 Å². The molecule has 0 amide bonds. The first-order chi connectivity index (χ1) is 7.92. The Morgan fingerprint density at radius 3 is 2.35 bits per heavy atom. The minimum absolute atomic E-state index is 0.481. The molecule has 0 heterocycles. The van der Waals surface area contributed by atoms with Crippen molar-refractivity contribution in [1.29, 1.82) is 0 Å². The number of carbonyl (C=O) groups excluding carboxylic acids is 1. The molecule has 0 bridgehead atoms. The molecule has 3 heteroatoms. The van der Waals surface area contributed by atoms with Crippen LogP contribution in [-0.4, -0.2) is 11.8 Å². The van der Waals surface area contributed by atoms with Crippen LogP contribution in [0.15, 0.2) is 43.0 Å². The molecular formula is C14H18O3. The van der Waals surface area contributed by atoms with Gasteiger partial charge in [0.25, 0.3) is 0 Å². The van der Waals surface area contributed by atoms with Crippen molar-refractivity contribution >= 4 is 6.16 Å². The van der Waals surface area contributed by atoms with Crippen LogP contribution in [0, 0.1) is 0 Å². The molecule has 0 unspecified atom stereocenters. The SMILES string of the molecule is C=C[C@H](OC(=O)OC(C)(C)C)c1ccccc1. The van der Waals surface area contributed by atoms with Crippen LogP contribution in [0.1, 0.15) is 32.4 Å². The summed E-state index contributed by atoms with van der Waals surface area (Å²) < 4.78 is 10.3. The summed E-state index contributed by atoms with van der Waals surface area (Å²) in [6, 6.07) is 9.40. The van der Waals surface area contributed by atoms with Crippen molar-refractivity contribution in [2.45, 2.75) is 32.5 Å². The molecule has 0 aliphatic heterocycles. The number of rotatable bonds is 3. The van der Waals surface area contributed by atoms with Gasteiger partial charge in [-0.25, -0.2) is 4.79 Å². The van der Waals surface area contributed by atoms with Crippen molar-refractivity contribution in [3.8, 4) is 0 Å². The van der Waals surface area contributed by atoms with E-state index < -0.39 is 17.9 Å². The third kappa shape index (κ3) is 4.72. The molecule has 3 nitrogen and oxygen atoms in total. The molecule has 0 aliphatic carbocycles. The average Bonchev–Trinajstić information content (AvgIpc) is 2.24. The predicted molar refractivity (Wildman–Crippen MR) is 66.7 cm³/mol. The van der Waals surface area contributed by atoms with E-state index in [0.717, 1.165) is 5.56 Å². The van der Waals surface area contributed by atoms with Crippen molar-refractivity contribution in [2.24, 2.45) is 0 Å². The maximum Gasteiger partial charge on any atom is 0.509 e. The summed E-state index contributed by atoms with van der Waals surface area (Å²) in [5.74, 6) is 0. The summed E-state index contributed by atoms with van der Waals surface area (Å²) in [5.41, 5.74) is 0.313. The summed E-state index contributed by atoms with van der Waals surface area (Å²) in [6.45, 7) is 9.03. The van der Waals surface area contributed by atoms with Gasteiger partial charge in [0.15, 0.2) is 0 Å². The fourth-order valence-electron chi connectivity index (χ4n) is 1.27. The topological polar surface area (TPSA) is 35.5 Å². The van der Waals surface area contributed by atoms with Gasteiger partial charge in [-0.3, -0.25) is 0 Å². The van der Waals surface area contributed by atoms with Crippen LogP contribution < -0.4 is 0 Å². The van der Waals surface area contributed by atoms with Crippen LogP contribution in [0.3, 0.4) is 0 Å². The second-order valence-electron chi connectivity index (χ2n) is 4.65. The number of hydrogen-bond acceptors (Lipinski definition) is 3. The van der Waals surface area contributed by atoms with Gasteiger partial charge in [0.05, 0.1) is 0 Å². The molecule has 0 aliphatic rings. The summed E-state index contributed by atoms with van der Waals surface area (Å²) in [6.07, 6.45) is 0.400. The lowest BCUT2D eigenvalue weighted by Gasteiger charge is -2.21. The Hall–Kier alpha value is -1.77. The predicted octanol–water partition coefficient (Wildman–Crippen LogP) is 3.87. The largest absolute Gasteiger partial charge is 0.509 e. The van der Waals surface area contributed by atoms with E-state index >= 15 is 0 Å². The van der Waals surface area contributed by atoms with E-state index in [4.69, 9.17) is 9.47 Å². The Kier molecular flexibility index (Phi) is 4.32. The van der Waals surface area contributed by atoms with Gasteiger partial charge in [-0.1, -0.05) is 36.9 Å². The molecule has 0 saturated heterocycles. The quantitative estimate of drug-likeness (QED) is 0.588. The second kappa shape index (κ2) is 5.53. The van der Waals surface area contributed by atoms with Crippen molar-refractivity contribution in [3.05, 3.63) is 48.6 Å². The Bertz CT molecular complexity index is 376. The molecule has 1 aromatic carbocycles. The molecule has 1 atom stereocenters. The van der Waals surface area contributed by atoms with E-state index in [1.165, 1.54) is 0 Å². The van der Waals surface area contributed by atoms with Crippen LogP contribution >= 0.6 is 0 Å². The molecule has 0 fully saturated rings. The van der Waals surface area contributed by atoms with Gasteiger partial charge in [0.1, 0.15) is 11.7 Å². The molecule has 1 rings (SSSR count). The maximum absolute atomic E-state index is 11.5. The summed E-state index contributed by atoms with van der Waals surface area (Å²) in [4.78, 5) is 11.5. The lowest BCUT2D eigenvalue weighted by atomic mass is 10.1. The van der Waals surface area contributed by atoms with Crippen LogP contribution in [0.4, 0.5) is 4.79 Å². The van der Waals surface area contributed by atoms with Crippen molar-refractivity contribution in [1.82, 2.24) is 0 Å². The van der Waals surface area contributed by atoms with E-state index in [1.54, 1.807) is 26.8 Å². The lowest BCUT2D eigenvalue weighted by Crippen LogP contribution is -2.25. The molecular weight excluding hydrogens is 216 g/mol. The Labute approximate surface area is 102 Å². The van der Waals surface area contributed by atoms with E-state index in [0.29, 0.717) is 0 Å². The zero-order valence-corrected chi connectivity index (χ0v) is 10.5. The number of carbonyl (C=O) groups is 1. The first-order valence-electron chi connectivity index (χ1n) is 5.49. The highest BCUT2D eigenvalue weighted by atomic mass is 16.7. The number of hydrogen-bond donors (Lipinski definition) is 0. The standard InChI is InChI=1S/C14H18O3/c1-5-12(11-9-7-6-8-10-11)16-13(15)17-14(2,3)4/h5-10,12H,1H2,2-4H3/t12-/m0/s1. The van der Waals surface area contributed by atoms with Crippen LogP contribution in [0.2, 0.25) is 0 Å². The molecule has 0 saturated carbocycles. The van der Waals surface area contributed by atoms with Gasteiger partial charge < -0.3 is 9.47 Å². The lowest BCUT2D eigenvalue weighted by molar-refractivity contribution is -0.0188. The second-order valence-corrected chi connectivity index (χ2v) is 4.65. The van der Waals surface area contributed by atoms with Gasteiger partial charge in [0.2, 0.25) is 0 Å². The number of ether oxygens (including phenoxy) is 2. The minimum atomic E-state index is -0.689. The van der Waals surface area contributed by atoms with Crippen molar-refractivity contribution in [3.63, 3.8) is 0 Å². The highest BCUT2D eigenvalue weighted by molar-refractivity contribution is 5.61. The van der Waals surface area contributed by atoms with Gasteiger partial charge in [-0.2, -0.15) is 0 Å². The zero-order valence-electron chi connectivity index (χ0n) is 10.5. The van der Waals surface area contributed by atoms with Gasteiger partial charge in [-0.15, -0.1) is 0 Å². The highest BCUT2D eigenvalue weighted by Crippen LogP contribution is 2.20. The maximum atomic E-state index is 11.5. The molecule has 1 aromatic rings. The first kappa shape index (κ1) is 13.3. The highest BCUT2D eigenvalue weighted by Gasteiger charge is 2.20. The molecule has 0 N–H and O–H groups in total. The van der Waals surface area contributed by atoms with Gasteiger partial charge in [0, 0.05) is 0 Å². The van der Waals surface area contributed by atoms with Crippen LogP contribution in [-0.2, 0) is 9.47 Å². The molecule has 92 valence electrons. The number of benzene rings is 1. The smallest absolute Gasteiger partial charge is 0.429 e. The Morgan fingerprint density at radius 2 is 1.88 bits per heavy atom. The van der Waals surface area contributed by atoms with Crippen molar-refractivity contribution in [2.75, 3.05) is 0 Å². The summed E-state index contributed by atoms with van der Waals surface area (Å²) in [7, 11) is 0. The van der Waals surface area contributed by atoms with Crippen molar-refractivity contribution < 1.29 is 14.3 Å². The monoisotopic (exact) mass is 234 g/mol. The molecule has 0 radical (unpaired) electrons. The summed E-state index contributed by atoms with van der Waals surface area (Å²) >= 11 is 0. The van der Waals surface area contributed by atoms with Crippen LogP contribution in [0.5, 0.6) is 0 Å². The third-order valence-electron chi connectivity index (χ3n) is 1.95. The van der Waals surface area contributed by atoms with E-state index in [-0.39, 0.29) is 0 Å². The normalized spacial score (nSPS) is 12.6. The summed E-state index contributed by atoms with van der Waals surface area (Å²) in [5, 5.41) is 0. The molecule has 17 heavy (non-hydrogen) atoms. The fraction of sp³-hybridized carbons (Fsp3) is 0.357. The van der Waals surface area contributed by atoms with E-state index in [2.05, 4.69) is 6.58 Å².